The second-order valence-electron chi connectivity index (χ2n) is 7.09. The first kappa shape index (κ1) is 16.8. The SMILES string of the molecule is C[C@@H]1CC[C@H](CCc2ccc(F)cc2)N1C(=O)c1ccc2nc[nH]c2c1. The molecule has 1 aliphatic rings. The normalized spacial score (nSPS) is 20.0. The molecule has 1 aliphatic heterocycles. The van der Waals surface area contributed by atoms with Crippen LogP contribution in [0.5, 0.6) is 0 Å². The lowest BCUT2D eigenvalue weighted by Gasteiger charge is -2.29. The topological polar surface area (TPSA) is 49.0 Å². The highest BCUT2D eigenvalue weighted by molar-refractivity contribution is 5.97. The number of aryl methyl sites for hydroxylation is 1. The summed E-state index contributed by atoms with van der Waals surface area (Å²) in [4.78, 5) is 22.4. The van der Waals surface area contributed by atoms with Crippen LogP contribution in [0.15, 0.2) is 48.8 Å². The van der Waals surface area contributed by atoms with Crippen molar-refractivity contribution in [2.75, 3.05) is 0 Å². The number of H-pyrrole nitrogens is 1. The van der Waals surface area contributed by atoms with Gasteiger partial charge in [0.2, 0.25) is 0 Å². The first-order valence-electron chi connectivity index (χ1n) is 9.12. The largest absolute Gasteiger partial charge is 0.345 e. The van der Waals surface area contributed by atoms with Crippen LogP contribution >= 0.6 is 0 Å². The third-order valence-corrected chi connectivity index (χ3v) is 5.37. The Hall–Kier alpha value is -2.69. The van der Waals surface area contributed by atoms with Crippen molar-refractivity contribution in [2.45, 2.75) is 44.7 Å². The quantitative estimate of drug-likeness (QED) is 0.761. The standard InChI is InChI=1S/C21H22FN3O/c1-14-2-9-18(10-5-15-3-7-17(22)8-4-15)25(14)21(26)16-6-11-19-20(12-16)24-13-23-19/h3-4,6-8,11-14,18H,2,5,9-10H2,1H3,(H,23,24)/t14-,18-/m1/s1. The molecule has 0 bridgehead atoms. The van der Waals surface area contributed by atoms with E-state index >= 15 is 0 Å². The third-order valence-electron chi connectivity index (χ3n) is 5.37. The summed E-state index contributed by atoms with van der Waals surface area (Å²) in [6.07, 6.45) is 5.42. The van der Waals surface area contributed by atoms with Crippen LogP contribution in [0, 0.1) is 5.82 Å². The van der Waals surface area contributed by atoms with Crippen LogP contribution in [0.1, 0.15) is 42.1 Å². The van der Waals surface area contributed by atoms with Gasteiger partial charge in [-0.1, -0.05) is 12.1 Å². The fraction of sp³-hybridized carbons (Fsp3) is 0.333. The van der Waals surface area contributed by atoms with Gasteiger partial charge in [-0.25, -0.2) is 9.37 Å². The minimum Gasteiger partial charge on any atom is -0.345 e. The predicted octanol–water partition coefficient (Wildman–Crippen LogP) is 4.33. The molecule has 0 spiro atoms. The molecule has 2 atom stereocenters. The van der Waals surface area contributed by atoms with E-state index in [1.165, 1.54) is 12.1 Å². The lowest BCUT2D eigenvalue weighted by Crippen LogP contribution is -2.40. The predicted molar refractivity (Wildman–Crippen MR) is 99.5 cm³/mol. The summed E-state index contributed by atoms with van der Waals surface area (Å²) in [6.45, 7) is 2.12. The van der Waals surface area contributed by atoms with Crippen LogP contribution in [-0.2, 0) is 6.42 Å². The summed E-state index contributed by atoms with van der Waals surface area (Å²) in [5.74, 6) is -0.134. The summed E-state index contributed by atoms with van der Waals surface area (Å²) < 4.78 is 13.1. The van der Waals surface area contributed by atoms with Gasteiger partial charge >= 0.3 is 0 Å². The van der Waals surface area contributed by atoms with E-state index in [9.17, 15) is 9.18 Å². The summed E-state index contributed by atoms with van der Waals surface area (Å²) in [5, 5.41) is 0. The highest BCUT2D eigenvalue weighted by Gasteiger charge is 2.34. The lowest BCUT2D eigenvalue weighted by atomic mass is 10.0. The van der Waals surface area contributed by atoms with Crippen molar-refractivity contribution in [3.05, 3.63) is 65.7 Å². The van der Waals surface area contributed by atoms with E-state index in [1.807, 2.05) is 35.2 Å². The van der Waals surface area contributed by atoms with E-state index in [0.29, 0.717) is 5.56 Å². The average molecular weight is 351 g/mol. The molecule has 1 N–H and O–H groups in total. The summed E-state index contributed by atoms with van der Waals surface area (Å²) >= 11 is 0. The van der Waals surface area contributed by atoms with Gasteiger partial charge in [0.15, 0.2) is 0 Å². The number of amides is 1. The molecule has 1 saturated heterocycles. The maximum atomic E-state index is 13.1. The number of aromatic nitrogens is 2. The van der Waals surface area contributed by atoms with E-state index in [0.717, 1.165) is 42.3 Å². The number of imidazole rings is 1. The molecule has 0 radical (unpaired) electrons. The number of carbonyl (C=O) groups excluding carboxylic acids is 1. The van der Waals surface area contributed by atoms with Gasteiger partial charge in [0, 0.05) is 17.6 Å². The zero-order chi connectivity index (χ0) is 18.1. The van der Waals surface area contributed by atoms with Crippen molar-refractivity contribution in [1.82, 2.24) is 14.9 Å². The van der Waals surface area contributed by atoms with E-state index < -0.39 is 0 Å². The molecule has 1 amide bonds. The fourth-order valence-corrected chi connectivity index (χ4v) is 3.92. The minimum absolute atomic E-state index is 0.0793. The van der Waals surface area contributed by atoms with Gasteiger partial charge in [0.25, 0.3) is 5.91 Å². The van der Waals surface area contributed by atoms with Gasteiger partial charge in [-0.2, -0.15) is 0 Å². The van der Waals surface area contributed by atoms with Gasteiger partial charge in [0.05, 0.1) is 17.4 Å². The fourth-order valence-electron chi connectivity index (χ4n) is 3.92. The van der Waals surface area contributed by atoms with Crippen molar-refractivity contribution >= 4 is 16.9 Å². The van der Waals surface area contributed by atoms with Crippen LogP contribution in [0.3, 0.4) is 0 Å². The Morgan fingerprint density at radius 1 is 1.23 bits per heavy atom. The van der Waals surface area contributed by atoms with Gasteiger partial charge in [-0.15, -0.1) is 0 Å². The molecule has 0 aliphatic carbocycles. The number of carbonyl (C=O) groups is 1. The van der Waals surface area contributed by atoms with Crippen molar-refractivity contribution in [2.24, 2.45) is 0 Å². The molecule has 1 aromatic heterocycles. The average Bonchev–Trinajstić information content (AvgIpc) is 3.26. The summed E-state index contributed by atoms with van der Waals surface area (Å²) in [7, 11) is 0. The molecule has 5 heteroatoms. The molecule has 26 heavy (non-hydrogen) atoms. The third kappa shape index (κ3) is 3.21. The summed E-state index contributed by atoms with van der Waals surface area (Å²) in [5.41, 5.74) is 3.55. The van der Waals surface area contributed by atoms with Crippen LogP contribution in [-0.4, -0.2) is 32.9 Å². The number of aromatic amines is 1. The van der Waals surface area contributed by atoms with E-state index in [2.05, 4.69) is 16.9 Å². The number of nitrogens with one attached hydrogen (secondary N) is 1. The maximum Gasteiger partial charge on any atom is 0.254 e. The van der Waals surface area contributed by atoms with E-state index in [4.69, 9.17) is 0 Å². The second-order valence-corrected chi connectivity index (χ2v) is 7.09. The van der Waals surface area contributed by atoms with Crippen LogP contribution < -0.4 is 0 Å². The molecule has 3 aromatic rings. The van der Waals surface area contributed by atoms with Crippen LogP contribution in [0.2, 0.25) is 0 Å². The number of fused-ring (bicyclic) bond motifs is 1. The van der Waals surface area contributed by atoms with E-state index in [1.54, 1.807) is 6.33 Å². The van der Waals surface area contributed by atoms with Crippen molar-refractivity contribution in [3.8, 4) is 0 Å². The smallest absolute Gasteiger partial charge is 0.254 e. The molecule has 4 nitrogen and oxygen atoms in total. The van der Waals surface area contributed by atoms with Crippen molar-refractivity contribution in [1.29, 1.82) is 0 Å². The molecular formula is C21H22FN3O. The first-order chi connectivity index (χ1) is 12.6. The summed E-state index contributed by atoms with van der Waals surface area (Å²) in [6, 6.07) is 12.7. The second kappa shape index (κ2) is 6.90. The molecular weight excluding hydrogens is 329 g/mol. The van der Waals surface area contributed by atoms with Gasteiger partial charge in [-0.3, -0.25) is 4.79 Å². The van der Waals surface area contributed by atoms with Gasteiger partial charge in [0.1, 0.15) is 5.82 Å². The number of hydrogen-bond donors (Lipinski definition) is 1. The Balaban J connectivity index is 1.50. The first-order valence-corrected chi connectivity index (χ1v) is 9.12. The maximum absolute atomic E-state index is 13.1. The van der Waals surface area contributed by atoms with Gasteiger partial charge in [-0.05, 0) is 68.5 Å². The zero-order valence-electron chi connectivity index (χ0n) is 14.8. The van der Waals surface area contributed by atoms with Gasteiger partial charge < -0.3 is 9.88 Å². The lowest BCUT2D eigenvalue weighted by molar-refractivity contribution is 0.0673. The highest BCUT2D eigenvalue weighted by atomic mass is 19.1. The Labute approximate surface area is 152 Å². The number of nitrogens with zero attached hydrogens (tertiary/aromatic N) is 2. The zero-order valence-corrected chi connectivity index (χ0v) is 14.8. The molecule has 0 unspecified atom stereocenters. The van der Waals surface area contributed by atoms with E-state index in [-0.39, 0.29) is 23.8 Å². The number of rotatable bonds is 4. The number of halogens is 1. The molecule has 4 rings (SSSR count). The Morgan fingerprint density at radius 3 is 2.85 bits per heavy atom. The monoisotopic (exact) mass is 351 g/mol. The minimum atomic E-state index is -0.214. The molecule has 2 aromatic carbocycles. The Kier molecular flexibility index (Phi) is 4.45. The van der Waals surface area contributed by atoms with Crippen molar-refractivity contribution in [3.63, 3.8) is 0 Å². The van der Waals surface area contributed by atoms with Crippen molar-refractivity contribution < 1.29 is 9.18 Å². The molecule has 134 valence electrons. The van der Waals surface area contributed by atoms with Crippen LogP contribution in [0.4, 0.5) is 4.39 Å². The number of likely N-dealkylation sites (tertiary alicyclic amines) is 1. The highest BCUT2D eigenvalue weighted by Crippen LogP contribution is 2.29. The number of hydrogen-bond acceptors (Lipinski definition) is 2. The van der Waals surface area contributed by atoms with Crippen LogP contribution in [0.25, 0.3) is 11.0 Å². The Bertz CT molecular complexity index is 918. The molecule has 0 saturated carbocycles. The molecule has 2 heterocycles. The number of benzene rings is 2. The molecule has 1 fully saturated rings. The Morgan fingerprint density at radius 2 is 2.04 bits per heavy atom.